The first-order valence-corrected chi connectivity index (χ1v) is 7.95. The van der Waals surface area contributed by atoms with Crippen LogP contribution in [0.5, 0.6) is 0 Å². The highest BCUT2D eigenvalue weighted by molar-refractivity contribution is 5.80. The first kappa shape index (κ1) is 17.5. The standard InChI is InChI=1S/C17H29N3O/c1-4-6-13-21-14-12-19-17(18-5-2)20-15(3)16-10-8-7-9-11-16/h7-11,15H,4-6,12-14H2,1-3H3,(H2,18,19,20). The summed E-state index contributed by atoms with van der Waals surface area (Å²) in [5.41, 5.74) is 1.25. The molecule has 4 heteroatoms. The van der Waals surface area contributed by atoms with Gasteiger partial charge in [-0.15, -0.1) is 0 Å². The number of aliphatic imine (C=N–C) groups is 1. The molecule has 1 unspecified atom stereocenters. The summed E-state index contributed by atoms with van der Waals surface area (Å²) < 4.78 is 5.53. The van der Waals surface area contributed by atoms with Crippen molar-refractivity contribution >= 4 is 5.96 Å². The Hall–Kier alpha value is -1.55. The van der Waals surface area contributed by atoms with Gasteiger partial charge in [-0.05, 0) is 25.8 Å². The molecule has 0 bridgehead atoms. The Kier molecular flexibility index (Phi) is 9.29. The van der Waals surface area contributed by atoms with Crippen LogP contribution < -0.4 is 10.6 Å². The first-order valence-electron chi connectivity index (χ1n) is 7.95. The molecule has 0 fully saturated rings. The molecule has 1 aromatic rings. The van der Waals surface area contributed by atoms with Crippen molar-refractivity contribution in [3.8, 4) is 0 Å². The molecule has 1 rings (SSSR count). The van der Waals surface area contributed by atoms with E-state index in [1.54, 1.807) is 0 Å². The zero-order chi connectivity index (χ0) is 15.3. The average molecular weight is 291 g/mol. The van der Waals surface area contributed by atoms with Crippen molar-refractivity contribution in [2.75, 3.05) is 26.3 Å². The Morgan fingerprint density at radius 1 is 1.19 bits per heavy atom. The Morgan fingerprint density at radius 2 is 1.95 bits per heavy atom. The molecule has 0 aromatic heterocycles. The lowest BCUT2D eigenvalue weighted by Crippen LogP contribution is -2.39. The van der Waals surface area contributed by atoms with E-state index in [9.17, 15) is 0 Å². The predicted molar refractivity (Wildman–Crippen MR) is 89.7 cm³/mol. The van der Waals surface area contributed by atoms with E-state index in [-0.39, 0.29) is 6.04 Å². The van der Waals surface area contributed by atoms with Crippen molar-refractivity contribution < 1.29 is 4.74 Å². The topological polar surface area (TPSA) is 45.6 Å². The van der Waals surface area contributed by atoms with E-state index in [1.807, 2.05) is 6.07 Å². The molecule has 2 N–H and O–H groups in total. The molecule has 0 radical (unpaired) electrons. The van der Waals surface area contributed by atoms with E-state index in [2.05, 4.69) is 60.7 Å². The fourth-order valence-electron chi connectivity index (χ4n) is 1.92. The Bertz CT molecular complexity index is 392. The minimum Gasteiger partial charge on any atom is -0.380 e. The average Bonchev–Trinajstić information content (AvgIpc) is 2.51. The minimum atomic E-state index is 0.227. The van der Waals surface area contributed by atoms with Gasteiger partial charge in [0.25, 0.3) is 0 Å². The van der Waals surface area contributed by atoms with Gasteiger partial charge < -0.3 is 15.4 Å². The van der Waals surface area contributed by atoms with Gasteiger partial charge in [0.1, 0.15) is 0 Å². The molecule has 0 amide bonds. The summed E-state index contributed by atoms with van der Waals surface area (Å²) in [6, 6.07) is 10.6. The summed E-state index contributed by atoms with van der Waals surface area (Å²) in [7, 11) is 0. The molecule has 1 aromatic carbocycles. The number of nitrogens with zero attached hydrogens (tertiary/aromatic N) is 1. The number of benzene rings is 1. The van der Waals surface area contributed by atoms with Gasteiger partial charge in [0.2, 0.25) is 0 Å². The number of nitrogens with one attached hydrogen (secondary N) is 2. The molecule has 0 aliphatic heterocycles. The SMILES string of the molecule is CCCCOCCN=C(NCC)NC(C)c1ccccc1. The normalized spacial score (nSPS) is 13.0. The highest BCUT2D eigenvalue weighted by atomic mass is 16.5. The van der Waals surface area contributed by atoms with Gasteiger partial charge in [0.05, 0.1) is 19.2 Å². The second-order valence-corrected chi connectivity index (χ2v) is 5.00. The van der Waals surface area contributed by atoms with Crippen LogP contribution in [0.15, 0.2) is 35.3 Å². The van der Waals surface area contributed by atoms with E-state index in [4.69, 9.17) is 4.74 Å². The van der Waals surface area contributed by atoms with Crippen LogP contribution in [0, 0.1) is 0 Å². The number of hydrogen-bond donors (Lipinski definition) is 2. The van der Waals surface area contributed by atoms with E-state index in [0.717, 1.165) is 25.5 Å². The summed E-state index contributed by atoms with van der Waals surface area (Å²) >= 11 is 0. The quantitative estimate of drug-likeness (QED) is 0.417. The van der Waals surface area contributed by atoms with Gasteiger partial charge in [-0.25, -0.2) is 0 Å². The third kappa shape index (κ3) is 7.71. The number of hydrogen-bond acceptors (Lipinski definition) is 2. The fourth-order valence-corrected chi connectivity index (χ4v) is 1.92. The molecule has 0 aliphatic carbocycles. The molecule has 1 atom stereocenters. The van der Waals surface area contributed by atoms with E-state index >= 15 is 0 Å². The van der Waals surface area contributed by atoms with Crippen LogP contribution in [0.3, 0.4) is 0 Å². The summed E-state index contributed by atoms with van der Waals surface area (Å²) in [6.45, 7) is 9.42. The third-order valence-corrected chi connectivity index (χ3v) is 3.14. The van der Waals surface area contributed by atoms with Crippen molar-refractivity contribution in [3.05, 3.63) is 35.9 Å². The maximum Gasteiger partial charge on any atom is 0.191 e. The largest absolute Gasteiger partial charge is 0.380 e. The van der Waals surface area contributed by atoms with E-state index in [0.29, 0.717) is 13.2 Å². The fraction of sp³-hybridized carbons (Fsp3) is 0.588. The lowest BCUT2D eigenvalue weighted by molar-refractivity contribution is 0.139. The summed E-state index contributed by atoms with van der Waals surface area (Å²) in [6.07, 6.45) is 2.29. The van der Waals surface area contributed by atoms with Crippen molar-refractivity contribution in [2.45, 2.75) is 39.7 Å². The minimum absolute atomic E-state index is 0.227. The molecule has 0 heterocycles. The van der Waals surface area contributed by atoms with Crippen LogP contribution in [0.25, 0.3) is 0 Å². The van der Waals surface area contributed by atoms with Gasteiger partial charge in [-0.3, -0.25) is 4.99 Å². The lowest BCUT2D eigenvalue weighted by atomic mass is 10.1. The number of unbranched alkanes of at least 4 members (excludes halogenated alkanes) is 1. The van der Waals surface area contributed by atoms with Crippen LogP contribution >= 0.6 is 0 Å². The van der Waals surface area contributed by atoms with Gasteiger partial charge >= 0.3 is 0 Å². The van der Waals surface area contributed by atoms with Gasteiger partial charge in [0, 0.05) is 13.2 Å². The predicted octanol–water partition coefficient (Wildman–Crippen LogP) is 3.12. The number of guanidine groups is 1. The first-order chi connectivity index (χ1) is 10.3. The Morgan fingerprint density at radius 3 is 2.62 bits per heavy atom. The molecule has 118 valence electrons. The molecule has 4 nitrogen and oxygen atoms in total. The van der Waals surface area contributed by atoms with Gasteiger partial charge in [0.15, 0.2) is 5.96 Å². The maximum atomic E-state index is 5.53. The zero-order valence-corrected chi connectivity index (χ0v) is 13.6. The summed E-state index contributed by atoms with van der Waals surface area (Å²) in [5, 5.41) is 6.69. The van der Waals surface area contributed by atoms with Crippen LogP contribution in [0.2, 0.25) is 0 Å². The molecule has 0 spiro atoms. The monoisotopic (exact) mass is 291 g/mol. The molecular weight excluding hydrogens is 262 g/mol. The summed E-state index contributed by atoms with van der Waals surface area (Å²) in [5.74, 6) is 0.841. The molecule has 21 heavy (non-hydrogen) atoms. The molecular formula is C17H29N3O. The lowest BCUT2D eigenvalue weighted by Gasteiger charge is -2.18. The van der Waals surface area contributed by atoms with Crippen LogP contribution in [0.4, 0.5) is 0 Å². The van der Waals surface area contributed by atoms with E-state index in [1.165, 1.54) is 12.0 Å². The maximum absolute atomic E-state index is 5.53. The van der Waals surface area contributed by atoms with Gasteiger partial charge in [-0.1, -0.05) is 43.7 Å². The van der Waals surface area contributed by atoms with Crippen molar-refractivity contribution in [1.29, 1.82) is 0 Å². The smallest absolute Gasteiger partial charge is 0.191 e. The Labute approximate surface area is 129 Å². The zero-order valence-electron chi connectivity index (χ0n) is 13.6. The van der Waals surface area contributed by atoms with Crippen LogP contribution in [-0.4, -0.2) is 32.3 Å². The van der Waals surface area contributed by atoms with Crippen LogP contribution in [0.1, 0.15) is 45.2 Å². The van der Waals surface area contributed by atoms with Crippen molar-refractivity contribution in [2.24, 2.45) is 4.99 Å². The number of ether oxygens (including phenoxy) is 1. The molecule has 0 aliphatic rings. The third-order valence-electron chi connectivity index (χ3n) is 3.14. The number of rotatable bonds is 9. The van der Waals surface area contributed by atoms with E-state index < -0.39 is 0 Å². The van der Waals surface area contributed by atoms with Crippen LogP contribution in [-0.2, 0) is 4.74 Å². The second-order valence-electron chi connectivity index (χ2n) is 5.00. The van der Waals surface area contributed by atoms with Crippen molar-refractivity contribution in [3.63, 3.8) is 0 Å². The molecule has 0 saturated carbocycles. The molecule has 0 saturated heterocycles. The van der Waals surface area contributed by atoms with Gasteiger partial charge in [-0.2, -0.15) is 0 Å². The highest BCUT2D eigenvalue weighted by Crippen LogP contribution is 2.10. The van der Waals surface area contributed by atoms with Crippen molar-refractivity contribution in [1.82, 2.24) is 10.6 Å². The second kappa shape index (κ2) is 11.1. The summed E-state index contributed by atoms with van der Waals surface area (Å²) in [4.78, 5) is 4.55. The Balaban J connectivity index is 2.41. The highest BCUT2D eigenvalue weighted by Gasteiger charge is 2.06.